The molecule has 1 saturated heterocycles. The molecule has 0 radical (unpaired) electrons. The summed E-state index contributed by atoms with van der Waals surface area (Å²) in [6.45, 7) is 5.01. The second-order valence-electron chi connectivity index (χ2n) is 6.19. The maximum atomic E-state index is 12.3. The van der Waals surface area contributed by atoms with Gasteiger partial charge in [0.05, 0.1) is 36.7 Å². The van der Waals surface area contributed by atoms with E-state index < -0.39 is 0 Å². The lowest BCUT2D eigenvalue weighted by atomic mass is 10.1. The van der Waals surface area contributed by atoms with E-state index in [1.807, 2.05) is 31.5 Å². The lowest BCUT2D eigenvalue weighted by molar-refractivity contribution is -0.124. The van der Waals surface area contributed by atoms with Gasteiger partial charge in [0.25, 0.3) is 0 Å². The van der Waals surface area contributed by atoms with Crippen molar-refractivity contribution >= 4 is 17.2 Å². The first kappa shape index (κ1) is 17.8. The van der Waals surface area contributed by atoms with Gasteiger partial charge in [0.2, 0.25) is 5.91 Å². The normalized spacial score (nSPS) is 20.2. The fourth-order valence-corrected chi connectivity index (χ4v) is 3.55. The summed E-state index contributed by atoms with van der Waals surface area (Å²) in [6, 6.07) is 3.67. The maximum absolute atomic E-state index is 12.3. The van der Waals surface area contributed by atoms with Gasteiger partial charge in [-0.15, -0.1) is 11.3 Å². The van der Waals surface area contributed by atoms with Gasteiger partial charge in [-0.2, -0.15) is 0 Å². The van der Waals surface area contributed by atoms with Gasteiger partial charge < -0.3 is 14.8 Å². The summed E-state index contributed by atoms with van der Waals surface area (Å²) in [5.74, 6) is 0.732. The number of aromatic nitrogens is 2. The molecule has 1 N–H and O–H groups in total. The molecule has 0 spiro atoms. The molecule has 0 unspecified atom stereocenters. The molecule has 1 fully saturated rings. The lowest BCUT2D eigenvalue weighted by Gasteiger charge is -2.32. The minimum Gasteiger partial charge on any atom is -0.486 e. The summed E-state index contributed by atoms with van der Waals surface area (Å²) in [5.41, 5.74) is 3.77. The molecule has 3 heterocycles. The Bertz CT molecular complexity index is 702. The third kappa shape index (κ3) is 4.99. The maximum Gasteiger partial charge on any atom is 0.220 e. The second kappa shape index (κ2) is 8.40. The summed E-state index contributed by atoms with van der Waals surface area (Å²) >= 11 is 1.59. The van der Waals surface area contributed by atoms with E-state index in [0.29, 0.717) is 26.1 Å². The van der Waals surface area contributed by atoms with Gasteiger partial charge >= 0.3 is 0 Å². The molecule has 0 aliphatic carbocycles. The van der Waals surface area contributed by atoms with E-state index in [-0.39, 0.29) is 18.1 Å². The minimum atomic E-state index is -0.148. The molecule has 7 heteroatoms. The van der Waals surface area contributed by atoms with Crippen LogP contribution >= 0.6 is 11.3 Å². The highest BCUT2D eigenvalue weighted by Crippen LogP contribution is 2.18. The van der Waals surface area contributed by atoms with Crippen LogP contribution in [-0.2, 0) is 16.0 Å². The van der Waals surface area contributed by atoms with Crippen LogP contribution in [0.4, 0.5) is 0 Å². The summed E-state index contributed by atoms with van der Waals surface area (Å²) in [4.78, 5) is 21.9. The highest BCUT2D eigenvalue weighted by molar-refractivity contribution is 7.09. The van der Waals surface area contributed by atoms with E-state index in [9.17, 15) is 4.79 Å². The Hall–Kier alpha value is -1.99. The van der Waals surface area contributed by atoms with Gasteiger partial charge in [-0.3, -0.25) is 9.78 Å². The number of aryl methyl sites for hydroxylation is 3. The Labute approximate surface area is 151 Å². The van der Waals surface area contributed by atoms with Crippen molar-refractivity contribution in [2.24, 2.45) is 0 Å². The first-order chi connectivity index (χ1) is 12.1. The van der Waals surface area contributed by atoms with E-state index >= 15 is 0 Å². The second-order valence-corrected chi connectivity index (χ2v) is 7.13. The van der Waals surface area contributed by atoms with Gasteiger partial charge in [0.15, 0.2) is 0 Å². The number of ether oxygens (including phenoxy) is 2. The summed E-state index contributed by atoms with van der Waals surface area (Å²) in [5, 5.41) is 3.06. The Morgan fingerprint density at radius 1 is 1.40 bits per heavy atom. The van der Waals surface area contributed by atoms with Crippen molar-refractivity contribution in [2.75, 3.05) is 13.2 Å². The van der Waals surface area contributed by atoms with Crippen molar-refractivity contribution in [3.05, 3.63) is 40.1 Å². The molecule has 6 nitrogen and oxygen atoms in total. The molecule has 25 heavy (non-hydrogen) atoms. The third-order valence-electron chi connectivity index (χ3n) is 4.23. The number of pyridine rings is 1. The van der Waals surface area contributed by atoms with Crippen LogP contribution in [0.15, 0.2) is 23.8 Å². The smallest absolute Gasteiger partial charge is 0.220 e. The van der Waals surface area contributed by atoms with Crippen molar-refractivity contribution in [1.82, 2.24) is 15.3 Å². The van der Waals surface area contributed by atoms with E-state index in [1.54, 1.807) is 17.5 Å². The number of carbonyl (C=O) groups excluding carboxylic acids is 1. The van der Waals surface area contributed by atoms with Crippen molar-refractivity contribution in [3.63, 3.8) is 0 Å². The van der Waals surface area contributed by atoms with Crippen LogP contribution in [0.1, 0.15) is 29.1 Å². The SMILES string of the molecule is Cc1ccc(O[C@H]2CCOC[C@H]2NC(=O)CCc2scnc2C)cn1. The van der Waals surface area contributed by atoms with E-state index in [2.05, 4.69) is 15.3 Å². The average Bonchev–Trinajstić information content (AvgIpc) is 3.02. The van der Waals surface area contributed by atoms with Gasteiger partial charge in [-0.25, -0.2) is 4.98 Å². The van der Waals surface area contributed by atoms with Crippen LogP contribution in [0.2, 0.25) is 0 Å². The Balaban J connectivity index is 1.54. The molecule has 1 amide bonds. The van der Waals surface area contributed by atoms with Gasteiger partial charge in [-0.1, -0.05) is 0 Å². The number of hydrogen-bond acceptors (Lipinski definition) is 6. The molecule has 2 atom stereocenters. The summed E-state index contributed by atoms with van der Waals surface area (Å²) in [7, 11) is 0. The molecule has 0 aromatic carbocycles. The highest BCUT2D eigenvalue weighted by Gasteiger charge is 2.29. The highest BCUT2D eigenvalue weighted by atomic mass is 32.1. The van der Waals surface area contributed by atoms with Gasteiger partial charge in [0.1, 0.15) is 11.9 Å². The number of nitrogens with one attached hydrogen (secondary N) is 1. The molecule has 1 aliphatic heterocycles. The first-order valence-corrected chi connectivity index (χ1v) is 9.35. The van der Waals surface area contributed by atoms with Gasteiger partial charge in [-0.05, 0) is 32.4 Å². The number of amides is 1. The number of hydrogen-bond donors (Lipinski definition) is 1. The molecule has 2 aromatic rings. The molecule has 134 valence electrons. The zero-order valence-corrected chi connectivity index (χ0v) is 15.3. The van der Waals surface area contributed by atoms with Crippen molar-refractivity contribution in [2.45, 2.75) is 45.3 Å². The standard InChI is InChI=1S/C18H23N3O3S/c1-12-3-4-14(9-19-12)24-16-7-8-23-10-15(16)21-18(22)6-5-17-13(2)20-11-25-17/h3-4,9,11,15-16H,5-8,10H2,1-2H3,(H,21,22)/t15-,16+/m1/s1. The Kier molecular flexibility index (Phi) is 5.99. The van der Waals surface area contributed by atoms with Crippen LogP contribution in [0.3, 0.4) is 0 Å². The predicted octanol–water partition coefficient (Wildman–Crippen LogP) is 2.44. The number of carbonyl (C=O) groups is 1. The fraction of sp³-hybridized carbons (Fsp3) is 0.500. The molecule has 1 aliphatic rings. The molecule has 3 rings (SSSR count). The van der Waals surface area contributed by atoms with Crippen molar-refractivity contribution in [3.8, 4) is 5.75 Å². The topological polar surface area (TPSA) is 73.3 Å². The third-order valence-corrected chi connectivity index (χ3v) is 5.23. The number of rotatable bonds is 6. The number of nitrogens with zero attached hydrogens (tertiary/aromatic N) is 2. The molecule has 0 bridgehead atoms. The quantitative estimate of drug-likeness (QED) is 0.855. The zero-order valence-electron chi connectivity index (χ0n) is 14.5. The zero-order chi connectivity index (χ0) is 17.6. The molecular formula is C18H23N3O3S. The minimum absolute atomic E-state index is 0.0129. The fourth-order valence-electron chi connectivity index (χ4n) is 2.76. The summed E-state index contributed by atoms with van der Waals surface area (Å²) < 4.78 is 11.5. The van der Waals surface area contributed by atoms with Crippen LogP contribution < -0.4 is 10.1 Å². The molecule has 2 aromatic heterocycles. The van der Waals surface area contributed by atoms with Crippen molar-refractivity contribution in [1.29, 1.82) is 0 Å². The van der Waals surface area contributed by atoms with E-state index in [1.165, 1.54) is 0 Å². The van der Waals surface area contributed by atoms with E-state index in [4.69, 9.17) is 9.47 Å². The molecule has 0 saturated carbocycles. The van der Waals surface area contributed by atoms with Crippen LogP contribution in [0.5, 0.6) is 5.75 Å². The number of thiazole rings is 1. The Morgan fingerprint density at radius 3 is 3.00 bits per heavy atom. The molecular weight excluding hydrogens is 338 g/mol. The van der Waals surface area contributed by atoms with Crippen LogP contribution in [0.25, 0.3) is 0 Å². The monoisotopic (exact) mass is 361 g/mol. The van der Waals surface area contributed by atoms with Crippen LogP contribution in [-0.4, -0.2) is 41.2 Å². The predicted molar refractivity (Wildman–Crippen MR) is 95.9 cm³/mol. The lowest BCUT2D eigenvalue weighted by Crippen LogP contribution is -2.51. The van der Waals surface area contributed by atoms with Gasteiger partial charge in [0, 0.05) is 23.4 Å². The first-order valence-electron chi connectivity index (χ1n) is 8.47. The largest absolute Gasteiger partial charge is 0.486 e. The van der Waals surface area contributed by atoms with E-state index in [0.717, 1.165) is 28.4 Å². The Morgan fingerprint density at radius 2 is 2.28 bits per heavy atom. The van der Waals surface area contributed by atoms with Crippen LogP contribution in [0, 0.1) is 13.8 Å². The average molecular weight is 361 g/mol. The van der Waals surface area contributed by atoms with Crippen molar-refractivity contribution < 1.29 is 14.3 Å². The summed E-state index contributed by atoms with van der Waals surface area (Å²) in [6.07, 6.45) is 3.51.